The number of nitrogens with zero attached hydrogens (tertiary/aromatic N) is 3. The van der Waals surface area contributed by atoms with Gasteiger partial charge in [0, 0.05) is 24.9 Å². The highest BCUT2D eigenvalue weighted by Crippen LogP contribution is 2.38. The molecule has 0 radical (unpaired) electrons. The Bertz CT molecular complexity index is 944. The van der Waals surface area contributed by atoms with Gasteiger partial charge in [0.15, 0.2) is 0 Å². The number of piperidine rings is 1. The average molecular weight is 433 g/mol. The van der Waals surface area contributed by atoms with Crippen LogP contribution in [-0.4, -0.2) is 33.7 Å². The molecule has 3 heterocycles. The van der Waals surface area contributed by atoms with Crippen LogP contribution in [0, 0.1) is 5.92 Å². The van der Waals surface area contributed by atoms with Gasteiger partial charge in [0.1, 0.15) is 11.9 Å². The van der Waals surface area contributed by atoms with Crippen LogP contribution in [0.25, 0.3) is 0 Å². The molecule has 29 heavy (non-hydrogen) atoms. The zero-order valence-electron chi connectivity index (χ0n) is 16.8. The van der Waals surface area contributed by atoms with Crippen LogP contribution in [0.4, 0.5) is 5.82 Å². The number of fused-ring (bicyclic) bond motifs is 1. The maximum absolute atomic E-state index is 13.6. The van der Waals surface area contributed by atoms with Crippen molar-refractivity contribution in [2.75, 3.05) is 18.4 Å². The number of rotatable bonds is 4. The molecule has 1 atom stereocenters. The Hall–Kier alpha value is -1.98. The molecular weight excluding hydrogens is 407 g/mol. The van der Waals surface area contributed by atoms with Crippen LogP contribution in [0.15, 0.2) is 41.7 Å². The van der Waals surface area contributed by atoms with E-state index in [1.807, 2.05) is 34.7 Å². The zero-order chi connectivity index (χ0) is 20.5. The van der Waals surface area contributed by atoms with E-state index in [4.69, 9.17) is 23.2 Å². The van der Waals surface area contributed by atoms with Crippen molar-refractivity contribution in [3.63, 3.8) is 0 Å². The van der Waals surface area contributed by atoms with E-state index in [1.54, 1.807) is 12.3 Å². The van der Waals surface area contributed by atoms with Gasteiger partial charge in [-0.25, -0.2) is 4.68 Å². The summed E-state index contributed by atoms with van der Waals surface area (Å²) in [6.07, 6.45) is 6.33. The summed E-state index contributed by atoms with van der Waals surface area (Å²) in [5.74, 6) is 1.66. The number of carbonyl (C=O) groups excluding carboxylic acids is 1. The Labute approximate surface area is 181 Å². The van der Waals surface area contributed by atoms with E-state index in [0.717, 1.165) is 48.9 Å². The first kappa shape index (κ1) is 20.3. The van der Waals surface area contributed by atoms with Gasteiger partial charge >= 0.3 is 0 Å². The van der Waals surface area contributed by atoms with Gasteiger partial charge in [-0.1, -0.05) is 49.0 Å². The minimum Gasteiger partial charge on any atom is -0.344 e. The fourth-order valence-electron chi connectivity index (χ4n) is 4.48. The minimum atomic E-state index is -0.336. The Morgan fingerprint density at radius 2 is 1.97 bits per heavy atom. The molecular formula is C22H26Cl2N4O. The highest BCUT2D eigenvalue weighted by atomic mass is 35.5. The van der Waals surface area contributed by atoms with Crippen molar-refractivity contribution < 1.29 is 4.79 Å². The first-order valence-corrected chi connectivity index (χ1v) is 11.0. The number of likely N-dealkylation sites (tertiary alicyclic amines) is 1. The zero-order valence-corrected chi connectivity index (χ0v) is 18.3. The number of hydrogen-bond donors (Lipinski definition) is 1. The van der Waals surface area contributed by atoms with E-state index in [-0.39, 0.29) is 11.9 Å². The number of amides is 1. The van der Waals surface area contributed by atoms with Gasteiger partial charge in [0.05, 0.1) is 21.8 Å². The minimum absolute atomic E-state index is 0.0715. The van der Waals surface area contributed by atoms with Gasteiger partial charge < -0.3 is 10.2 Å². The molecule has 1 fully saturated rings. The Morgan fingerprint density at radius 1 is 1.21 bits per heavy atom. The second-order valence-corrected chi connectivity index (χ2v) is 8.74. The summed E-state index contributed by atoms with van der Waals surface area (Å²) >= 11 is 12.4. The van der Waals surface area contributed by atoms with Gasteiger partial charge in [-0.2, -0.15) is 5.10 Å². The molecule has 1 aromatic carbocycles. The van der Waals surface area contributed by atoms with Gasteiger partial charge in [-0.15, -0.1) is 0 Å². The van der Waals surface area contributed by atoms with Crippen molar-refractivity contribution in [1.82, 2.24) is 14.7 Å². The van der Waals surface area contributed by atoms with E-state index >= 15 is 0 Å². The second kappa shape index (κ2) is 8.41. The summed E-state index contributed by atoms with van der Waals surface area (Å²) in [4.78, 5) is 15.6. The van der Waals surface area contributed by atoms with Crippen LogP contribution < -0.4 is 5.32 Å². The molecule has 1 unspecified atom stereocenters. The molecule has 1 aromatic heterocycles. The highest BCUT2D eigenvalue weighted by molar-refractivity contribution is 6.42. The Morgan fingerprint density at radius 3 is 2.66 bits per heavy atom. The first-order chi connectivity index (χ1) is 14.0. The second-order valence-electron chi connectivity index (χ2n) is 7.93. The van der Waals surface area contributed by atoms with Crippen LogP contribution in [0.5, 0.6) is 0 Å². The molecule has 2 aliphatic rings. The van der Waals surface area contributed by atoms with E-state index in [2.05, 4.69) is 17.3 Å². The third kappa shape index (κ3) is 3.90. The number of carbonyl (C=O) groups is 1. The number of anilines is 1. The van der Waals surface area contributed by atoms with Crippen LogP contribution in [0.2, 0.25) is 10.0 Å². The van der Waals surface area contributed by atoms with Crippen molar-refractivity contribution in [2.24, 2.45) is 5.92 Å². The molecule has 0 saturated carbocycles. The standard InChI is InChI=1S/C22H26Cl2N4O/c1-3-4-15-8-11-27(12-9-15)22(29)20-14(2)26-19-7-10-25-28(19)21(20)16-5-6-17(23)18(24)13-16/h5-7,10,13,15,21,26H,3-4,8-9,11-12H2,1-2H3. The lowest BCUT2D eigenvalue weighted by Crippen LogP contribution is -2.42. The lowest BCUT2D eigenvalue weighted by atomic mass is 9.90. The molecule has 5 nitrogen and oxygen atoms in total. The summed E-state index contributed by atoms with van der Waals surface area (Å²) in [6, 6.07) is 7.10. The van der Waals surface area contributed by atoms with Crippen molar-refractivity contribution in [1.29, 1.82) is 0 Å². The lowest BCUT2D eigenvalue weighted by molar-refractivity contribution is -0.129. The van der Waals surface area contributed by atoms with Crippen molar-refractivity contribution in [3.8, 4) is 0 Å². The van der Waals surface area contributed by atoms with Crippen LogP contribution in [-0.2, 0) is 4.79 Å². The number of hydrogen-bond acceptors (Lipinski definition) is 3. The third-order valence-corrected chi connectivity index (χ3v) is 6.74. The van der Waals surface area contributed by atoms with Crippen LogP contribution in [0.1, 0.15) is 51.1 Å². The molecule has 1 saturated heterocycles. The number of halogens is 2. The third-order valence-electron chi connectivity index (χ3n) is 6.00. The maximum atomic E-state index is 13.6. The molecule has 0 aliphatic carbocycles. The SMILES string of the molecule is CCCC1CCN(C(=O)C2=C(C)Nc3ccnn3C2c2ccc(Cl)c(Cl)c2)CC1. The molecule has 1 amide bonds. The Balaban J connectivity index is 1.68. The number of benzene rings is 1. The fourth-order valence-corrected chi connectivity index (χ4v) is 4.78. The molecule has 1 N–H and O–H groups in total. The van der Waals surface area contributed by atoms with E-state index in [1.165, 1.54) is 12.8 Å². The summed E-state index contributed by atoms with van der Waals surface area (Å²) in [5.41, 5.74) is 2.47. The normalized spacial score (nSPS) is 19.9. The average Bonchev–Trinajstić information content (AvgIpc) is 3.17. The highest BCUT2D eigenvalue weighted by Gasteiger charge is 2.36. The van der Waals surface area contributed by atoms with Gasteiger partial charge in [-0.05, 0) is 43.4 Å². The van der Waals surface area contributed by atoms with Gasteiger partial charge in [-0.3, -0.25) is 4.79 Å². The topological polar surface area (TPSA) is 50.2 Å². The molecule has 0 bridgehead atoms. The fraction of sp³-hybridized carbons (Fsp3) is 0.455. The summed E-state index contributed by atoms with van der Waals surface area (Å²) in [6.45, 7) is 5.79. The Kier molecular flexibility index (Phi) is 5.88. The molecule has 154 valence electrons. The largest absolute Gasteiger partial charge is 0.344 e. The van der Waals surface area contributed by atoms with E-state index < -0.39 is 0 Å². The first-order valence-electron chi connectivity index (χ1n) is 10.2. The molecule has 2 aromatic rings. The van der Waals surface area contributed by atoms with Crippen molar-refractivity contribution in [2.45, 2.75) is 45.6 Å². The quantitative estimate of drug-likeness (QED) is 0.691. The predicted molar refractivity (Wildman–Crippen MR) is 117 cm³/mol. The van der Waals surface area contributed by atoms with E-state index in [9.17, 15) is 4.79 Å². The van der Waals surface area contributed by atoms with E-state index in [0.29, 0.717) is 15.6 Å². The predicted octanol–water partition coefficient (Wildman–Crippen LogP) is 5.52. The number of aromatic nitrogens is 2. The molecule has 0 spiro atoms. The van der Waals surface area contributed by atoms with Gasteiger partial charge in [0.25, 0.3) is 5.91 Å². The van der Waals surface area contributed by atoms with Crippen molar-refractivity contribution in [3.05, 3.63) is 57.3 Å². The molecule has 2 aliphatic heterocycles. The molecule has 4 rings (SSSR count). The van der Waals surface area contributed by atoms with Crippen LogP contribution >= 0.6 is 23.2 Å². The molecule has 7 heteroatoms. The summed E-state index contributed by atoms with van der Waals surface area (Å²) < 4.78 is 1.85. The smallest absolute Gasteiger partial charge is 0.254 e. The summed E-state index contributed by atoms with van der Waals surface area (Å²) in [5, 5.41) is 8.80. The number of allylic oxidation sites excluding steroid dienone is 1. The number of nitrogens with one attached hydrogen (secondary N) is 1. The van der Waals surface area contributed by atoms with Gasteiger partial charge in [0.2, 0.25) is 0 Å². The maximum Gasteiger partial charge on any atom is 0.254 e. The lowest BCUT2D eigenvalue weighted by Gasteiger charge is -2.36. The monoisotopic (exact) mass is 432 g/mol. The van der Waals surface area contributed by atoms with Crippen LogP contribution in [0.3, 0.4) is 0 Å². The summed E-state index contributed by atoms with van der Waals surface area (Å²) in [7, 11) is 0. The van der Waals surface area contributed by atoms with Crippen molar-refractivity contribution >= 4 is 34.9 Å².